The largest absolute Gasteiger partial charge is 0.354 e. The number of carbonyl (C=O) groups is 1. The van der Waals surface area contributed by atoms with Gasteiger partial charge in [0.05, 0.1) is 6.04 Å². The number of hydrogen-bond donors (Lipinski definition) is 2. The van der Waals surface area contributed by atoms with E-state index in [1.165, 1.54) is 0 Å². The second-order valence-electron chi connectivity index (χ2n) is 3.19. The lowest BCUT2D eigenvalue weighted by molar-refractivity contribution is -0.122. The van der Waals surface area contributed by atoms with Crippen LogP contribution in [0, 0.1) is 0 Å². The molecule has 3 nitrogen and oxygen atoms in total. The van der Waals surface area contributed by atoms with E-state index in [-0.39, 0.29) is 11.9 Å². The number of amides is 1. The normalized spacial score (nSPS) is 15.1. The van der Waals surface area contributed by atoms with E-state index in [1.807, 2.05) is 13.2 Å². The molecule has 0 radical (unpaired) electrons. The highest BCUT2D eigenvalue weighted by Crippen LogP contribution is 2.02. The molecular formula is C9H20N2OS. The molecule has 2 atom stereocenters. The second kappa shape index (κ2) is 7.21. The fourth-order valence-corrected chi connectivity index (χ4v) is 1.15. The van der Waals surface area contributed by atoms with E-state index in [9.17, 15) is 4.79 Å². The minimum atomic E-state index is -0.334. The Morgan fingerprint density at radius 1 is 1.62 bits per heavy atom. The van der Waals surface area contributed by atoms with Gasteiger partial charge in [0.15, 0.2) is 0 Å². The molecule has 0 heterocycles. The van der Waals surface area contributed by atoms with Crippen molar-refractivity contribution in [1.82, 2.24) is 5.32 Å². The lowest BCUT2D eigenvalue weighted by atomic mass is 10.2. The molecule has 4 heteroatoms. The van der Waals surface area contributed by atoms with Crippen LogP contribution in [0.2, 0.25) is 0 Å². The molecule has 0 fully saturated rings. The van der Waals surface area contributed by atoms with Crippen LogP contribution in [-0.2, 0) is 4.79 Å². The lowest BCUT2D eigenvalue weighted by Gasteiger charge is -2.13. The summed E-state index contributed by atoms with van der Waals surface area (Å²) >= 11 is 1.74. The molecule has 0 aliphatic rings. The maximum absolute atomic E-state index is 11.3. The third-order valence-corrected chi connectivity index (χ3v) is 2.87. The SMILES string of the molecule is CCCC(N)C(=O)NCC(C)SC. The van der Waals surface area contributed by atoms with E-state index in [4.69, 9.17) is 5.73 Å². The summed E-state index contributed by atoms with van der Waals surface area (Å²) in [5.74, 6) is -0.0252. The van der Waals surface area contributed by atoms with E-state index < -0.39 is 0 Å². The van der Waals surface area contributed by atoms with Gasteiger partial charge < -0.3 is 11.1 Å². The molecule has 2 unspecified atom stereocenters. The molecule has 0 saturated heterocycles. The van der Waals surface area contributed by atoms with Crippen molar-refractivity contribution in [2.45, 2.75) is 38.0 Å². The molecule has 0 spiro atoms. The van der Waals surface area contributed by atoms with Crippen molar-refractivity contribution >= 4 is 17.7 Å². The van der Waals surface area contributed by atoms with Crippen LogP contribution in [0.15, 0.2) is 0 Å². The van der Waals surface area contributed by atoms with Gasteiger partial charge in [0.2, 0.25) is 5.91 Å². The van der Waals surface area contributed by atoms with Crippen molar-refractivity contribution in [2.75, 3.05) is 12.8 Å². The molecule has 13 heavy (non-hydrogen) atoms. The van der Waals surface area contributed by atoms with Gasteiger partial charge in [-0.05, 0) is 12.7 Å². The third-order valence-electron chi connectivity index (χ3n) is 1.90. The van der Waals surface area contributed by atoms with Gasteiger partial charge >= 0.3 is 0 Å². The van der Waals surface area contributed by atoms with Gasteiger partial charge in [-0.2, -0.15) is 11.8 Å². The smallest absolute Gasteiger partial charge is 0.236 e. The number of nitrogens with one attached hydrogen (secondary N) is 1. The van der Waals surface area contributed by atoms with Crippen LogP contribution in [0.3, 0.4) is 0 Å². The van der Waals surface area contributed by atoms with Gasteiger partial charge in [-0.15, -0.1) is 0 Å². The zero-order valence-electron chi connectivity index (χ0n) is 8.67. The average molecular weight is 204 g/mol. The van der Waals surface area contributed by atoms with Crippen molar-refractivity contribution in [1.29, 1.82) is 0 Å². The summed E-state index contributed by atoms with van der Waals surface area (Å²) in [5.41, 5.74) is 5.64. The molecule has 0 rings (SSSR count). The van der Waals surface area contributed by atoms with Crippen LogP contribution in [0.1, 0.15) is 26.7 Å². The van der Waals surface area contributed by atoms with Gasteiger partial charge in [-0.25, -0.2) is 0 Å². The molecular weight excluding hydrogens is 184 g/mol. The predicted octanol–water partition coefficient (Wildman–Crippen LogP) is 0.982. The topological polar surface area (TPSA) is 55.1 Å². The molecule has 0 aromatic rings. The zero-order valence-corrected chi connectivity index (χ0v) is 9.49. The molecule has 0 aromatic carbocycles. The van der Waals surface area contributed by atoms with E-state index in [2.05, 4.69) is 12.2 Å². The maximum Gasteiger partial charge on any atom is 0.236 e. The summed E-state index contributed by atoms with van der Waals surface area (Å²) in [7, 11) is 0. The van der Waals surface area contributed by atoms with E-state index >= 15 is 0 Å². The van der Waals surface area contributed by atoms with Crippen LogP contribution in [-0.4, -0.2) is 30.0 Å². The van der Waals surface area contributed by atoms with E-state index in [0.29, 0.717) is 11.8 Å². The Bertz CT molecular complexity index is 153. The lowest BCUT2D eigenvalue weighted by Crippen LogP contribution is -2.42. The monoisotopic (exact) mass is 204 g/mol. The summed E-state index contributed by atoms with van der Waals surface area (Å²) in [6, 6.07) is -0.334. The average Bonchev–Trinajstić information content (AvgIpc) is 2.13. The van der Waals surface area contributed by atoms with Crippen LogP contribution in [0.4, 0.5) is 0 Å². The number of thioether (sulfide) groups is 1. The van der Waals surface area contributed by atoms with Gasteiger partial charge in [0.25, 0.3) is 0 Å². The van der Waals surface area contributed by atoms with Crippen LogP contribution < -0.4 is 11.1 Å². The minimum Gasteiger partial charge on any atom is -0.354 e. The molecule has 0 aliphatic heterocycles. The van der Waals surface area contributed by atoms with Gasteiger partial charge in [-0.1, -0.05) is 20.3 Å². The standard InChI is InChI=1S/C9H20N2OS/c1-4-5-8(10)9(12)11-6-7(2)13-3/h7-8H,4-6,10H2,1-3H3,(H,11,12). The number of nitrogens with two attached hydrogens (primary N) is 1. The summed E-state index contributed by atoms with van der Waals surface area (Å²) < 4.78 is 0. The first-order valence-corrected chi connectivity index (χ1v) is 5.96. The first kappa shape index (κ1) is 12.8. The van der Waals surface area contributed by atoms with Crippen molar-refractivity contribution in [3.05, 3.63) is 0 Å². The Hall–Kier alpha value is -0.220. The van der Waals surface area contributed by atoms with Gasteiger partial charge in [0, 0.05) is 11.8 Å². The van der Waals surface area contributed by atoms with Gasteiger partial charge in [0.1, 0.15) is 0 Å². The maximum atomic E-state index is 11.3. The fraction of sp³-hybridized carbons (Fsp3) is 0.889. The summed E-state index contributed by atoms with van der Waals surface area (Å²) in [5, 5.41) is 3.29. The molecule has 3 N–H and O–H groups in total. The molecule has 0 aliphatic carbocycles. The Morgan fingerprint density at radius 3 is 2.69 bits per heavy atom. The zero-order chi connectivity index (χ0) is 10.3. The van der Waals surface area contributed by atoms with Crippen LogP contribution in [0.25, 0.3) is 0 Å². The minimum absolute atomic E-state index is 0.0252. The first-order chi connectivity index (χ1) is 6.11. The molecule has 1 amide bonds. The fourth-order valence-electron chi connectivity index (χ4n) is 0.901. The Balaban J connectivity index is 3.61. The number of hydrogen-bond acceptors (Lipinski definition) is 3. The Kier molecular flexibility index (Phi) is 7.09. The van der Waals surface area contributed by atoms with Crippen LogP contribution >= 0.6 is 11.8 Å². The molecule has 0 bridgehead atoms. The van der Waals surface area contributed by atoms with Gasteiger partial charge in [-0.3, -0.25) is 4.79 Å². The van der Waals surface area contributed by atoms with Crippen molar-refractivity contribution < 1.29 is 4.79 Å². The highest BCUT2D eigenvalue weighted by atomic mass is 32.2. The van der Waals surface area contributed by atoms with Crippen molar-refractivity contribution in [3.63, 3.8) is 0 Å². The van der Waals surface area contributed by atoms with E-state index in [1.54, 1.807) is 11.8 Å². The van der Waals surface area contributed by atoms with Crippen LogP contribution in [0.5, 0.6) is 0 Å². The summed E-state index contributed by atoms with van der Waals surface area (Å²) in [6.07, 6.45) is 3.74. The molecule has 0 saturated carbocycles. The van der Waals surface area contributed by atoms with E-state index in [0.717, 1.165) is 12.8 Å². The summed E-state index contributed by atoms with van der Waals surface area (Å²) in [6.45, 7) is 4.81. The predicted molar refractivity (Wildman–Crippen MR) is 58.9 cm³/mol. The molecule has 0 aromatic heterocycles. The van der Waals surface area contributed by atoms with Crippen molar-refractivity contribution in [2.24, 2.45) is 5.73 Å². The second-order valence-corrected chi connectivity index (χ2v) is 4.46. The third kappa shape index (κ3) is 5.93. The van der Waals surface area contributed by atoms with Crippen molar-refractivity contribution in [3.8, 4) is 0 Å². The highest BCUT2D eigenvalue weighted by Gasteiger charge is 2.12. The molecule has 78 valence electrons. The number of carbonyl (C=O) groups excluding carboxylic acids is 1. The quantitative estimate of drug-likeness (QED) is 0.678. The summed E-state index contributed by atoms with van der Waals surface area (Å²) in [4.78, 5) is 11.3. The first-order valence-electron chi connectivity index (χ1n) is 4.67. The Morgan fingerprint density at radius 2 is 2.23 bits per heavy atom. The number of rotatable bonds is 6. The highest BCUT2D eigenvalue weighted by molar-refractivity contribution is 7.99. The Labute approximate surface area is 84.8 Å².